The molecule has 1 N–H and O–H groups in total. The summed E-state index contributed by atoms with van der Waals surface area (Å²) in [4.78, 5) is 44.1. The predicted molar refractivity (Wildman–Crippen MR) is 217 cm³/mol. The van der Waals surface area contributed by atoms with Gasteiger partial charge in [-0.25, -0.2) is 13.8 Å². The zero-order chi connectivity index (χ0) is 39.5. The summed E-state index contributed by atoms with van der Waals surface area (Å²) in [5.74, 6) is -0.403. The lowest BCUT2D eigenvalue weighted by Gasteiger charge is -2.28. The maximum Gasteiger partial charge on any atom is 0.419 e. The third kappa shape index (κ3) is 10.5. The quantitative estimate of drug-likeness (QED) is 0.100. The van der Waals surface area contributed by atoms with E-state index in [1.807, 2.05) is 55.5 Å². The highest BCUT2D eigenvalue weighted by atomic mass is 28.3. The fourth-order valence-electron chi connectivity index (χ4n) is 6.56. The lowest BCUT2D eigenvalue weighted by molar-refractivity contribution is 0.0547. The minimum atomic E-state index is -1.40. The number of ether oxygens (including phenoxy) is 2. The molecule has 3 aromatic heterocycles. The van der Waals surface area contributed by atoms with Gasteiger partial charge in [0.15, 0.2) is 0 Å². The van der Waals surface area contributed by atoms with E-state index in [2.05, 4.69) is 35.0 Å². The van der Waals surface area contributed by atoms with Crippen molar-refractivity contribution in [2.45, 2.75) is 97.8 Å². The molecule has 1 saturated heterocycles. The van der Waals surface area contributed by atoms with E-state index in [1.54, 1.807) is 43.9 Å². The number of hydrogen-bond acceptors (Lipinski definition) is 7. The van der Waals surface area contributed by atoms with Gasteiger partial charge in [0.25, 0.3) is 11.5 Å². The van der Waals surface area contributed by atoms with Gasteiger partial charge < -0.3 is 14.8 Å². The molecule has 1 amide bonds. The first-order valence-corrected chi connectivity index (χ1v) is 22.7. The van der Waals surface area contributed by atoms with Crippen LogP contribution in [0.4, 0.5) is 14.9 Å². The molecule has 4 heterocycles. The molecule has 0 aliphatic carbocycles. The smallest absolute Gasteiger partial charge is 0.419 e. The van der Waals surface area contributed by atoms with E-state index in [0.717, 1.165) is 28.1 Å². The van der Waals surface area contributed by atoms with Crippen LogP contribution in [0.15, 0.2) is 78.0 Å². The number of fused-ring (bicyclic) bond motifs is 1. The number of aromatic nitrogens is 4. The van der Waals surface area contributed by atoms with Gasteiger partial charge in [-0.05, 0) is 82.0 Å². The van der Waals surface area contributed by atoms with Crippen LogP contribution in [-0.4, -0.2) is 75.4 Å². The van der Waals surface area contributed by atoms with Crippen molar-refractivity contribution in [1.82, 2.24) is 23.8 Å². The molecule has 6 rings (SSSR count). The van der Waals surface area contributed by atoms with Crippen LogP contribution in [0.3, 0.4) is 0 Å². The third-order valence-corrected chi connectivity index (χ3v) is 11.3. The first-order chi connectivity index (χ1) is 26.0. The number of benzene rings is 2. The number of pyridine rings is 1. The van der Waals surface area contributed by atoms with Crippen molar-refractivity contribution in [2.24, 2.45) is 0 Å². The average molecular weight is 769 g/mol. The number of hydrogen-bond donors (Lipinski definition) is 1. The van der Waals surface area contributed by atoms with Crippen molar-refractivity contribution >= 4 is 36.7 Å². The monoisotopic (exact) mass is 768 g/mol. The van der Waals surface area contributed by atoms with Gasteiger partial charge in [-0.15, -0.1) is 0 Å². The molecule has 0 spiro atoms. The van der Waals surface area contributed by atoms with Crippen LogP contribution in [0.2, 0.25) is 25.7 Å². The lowest BCUT2D eigenvalue weighted by Crippen LogP contribution is -2.33. The number of alkyl halides is 1. The average Bonchev–Trinajstić information content (AvgIpc) is 3.73. The Morgan fingerprint density at radius 2 is 1.67 bits per heavy atom. The Morgan fingerprint density at radius 1 is 0.964 bits per heavy atom. The van der Waals surface area contributed by atoms with Crippen LogP contribution >= 0.6 is 0 Å². The van der Waals surface area contributed by atoms with Crippen molar-refractivity contribution in [3.8, 4) is 11.3 Å². The number of amides is 1. The second-order valence-electron chi connectivity index (χ2n) is 16.8. The molecule has 0 unspecified atom stereocenters. The molecular formula is C42H53FN6O5Si. The van der Waals surface area contributed by atoms with Gasteiger partial charge in [-0.2, -0.15) is 5.10 Å². The number of anilines is 1. The summed E-state index contributed by atoms with van der Waals surface area (Å²) in [6.45, 7) is 17.1. The Morgan fingerprint density at radius 3 is 2.36 bits per heavy atom. The molecule has 0 bridgehead atoms. The van der Waals surface area contributed by atoms with Crippen LogP contribution < -0.4 is 10.9 Å². The fourth-order valence-corrected chi connectivity index (χ4v) is 7.32. The second-order valence-corrected chi connectivity index (χ2v) is 22.4. The number of carbonyl (C=O) groups is 2. The number of likely N-dealkylation sites (tertiary alicyclic amines) is 1. The van der Waals surface area contributed by atoms with Gasteiger partial charge in [0.05, 0.1) is 40.8 Å². The van der Waals surface area contributed by atoms with Crippen molar-refractivity contribution in [1.29, 1.82) is 0 Å². The van der Waals surface area contributed by atoms with E-state index in [1.165, 1.54) is 15.3 Å². The van der Waals surface area contributed by atoms with Gasteiger partial charge in [-0.3, -0.25) is 23.7 Å². The van der Waals surface area contributed by atoms with Crippen LogP contribution in [0.25, 0.3) is 22.2 Å². The highest BCUT2D eigenvalue weighted by molar-refractivity contribution is 6.76. The van der Waals surface area contributed by atoms with Gasteiger partial charge in [-0.1, -0.05) is 55.5 Å². The second kappa shape index (κ2) is 16.5. The van der Waals surface area contributed by atoms with Crippen molar-refractivity contribution in [3.63, 3.8) is 0 Å². The number of aryl methyl sites for hydroxylation is 1. The normalized spacial score (nSPS) is 14.4. The molecule has 1 aliphatic heterocycles. The summed E-state index contributed by atoms with van der Waals surface area (Å²) in [7, 11) is -1.40. The maximum atomic E-state index is 14.3. The van der Waals surface area contributed by atoms with Gasteiger partial charge in [0.1, 0.15) is 18.5 Å². The molecule has 0 radical (unpaired) electrons. The Kier molecular flexibility index (Phi) is 11.9. The minimum Gasteiger partial charge on any atom is -0.443 e. The standard InChI is InChI=1S/C42H53FN6O5Si/c1-29-8-10-30(11-9-29)25-48-26-33(23-44-48)39(50)45-35-22-36(40(51)47(27-35)28-53-18-19-55(5,6)7)38-21-32-20-31(24-46-16-14-34(43)15-17-46)12-13-37(32)49(38)41(52)54-42(2,3)4/h8-13,20-23,26-27,34H,14-19,24-25,28H2,1-7H3,(H,45,50). The Labute approximate surface area is 323 Å². The number of nitrogens with one attached hydrogen (secondary N) is 1. The predicted octanol–water partition coefficient (Wildman–Crippen LogP) is 8.30. The highest BCUT2D eigenvalue weighted by Gasteiger charge is 2.26. The Balaban J connectivity index is 1.37. The van der Waals surface area contributed by atoms with Crippen molar-refractivity contribution in [3.05, 3.63) is 106 Å². The van der Waals surface area contributed by atoms with E-state index in [9.17, 15) is 18.8 Å². The Bertz CT molecular complexity index is 2200. The molecule has 0 atom stereocenters. The largest absolute Gasteiger partial charge is 0.443 e. The molecule has 0 saturated carbocycles. The molecule has 5 aromatic rings. The lowest BCUT2D eigenvalue weighted by atomic mass is 10.1. The summed E-state index contributed by atoms with van der Waals surface area (Å²) >= 11 is 0. The number of piperidine rings is 1. The molecule has 1 aliphatic rings. The van der Waals surface area contributed by atoms with E-state index < -0.39 is 31.8 Å². The maximum absolute atomic E-state index is 14.3. The molecule has 55 heavy (non-hydrogen) atoms. The van der Waals surface area contributed by atoms with Crippen LogP contribution in [0.1, 0.15) is 60.7 Å². The molecule has 2 aromatic carbocycles. The zero-order valence-electron chi connectivity index (χ0n) is 33.0. The summed E-state index contributed by atoms with van der Waals surface area (Å²) in [5.41, 5.74) is 3.81. The minimum absolute atomic E-state index is 0.0408. The summed E-state index contributed by atoms with van der Waals surface area (Å²) < 4.78 is 30.3. The molecule has 11 nitrogen and oxygen atoms in total. The van der Waals surface area contributed by atoms with Crippen molar-refractivity contribution in [2.75, 3.05) is 25.0 Å². The number of halogens is 1. The van der Waals surface area contributed by atoms with Crippen LogP contribution in [0.5, 0.6) is 0 Å². The van der Waals surface area contributed by atoms with Gasteiger partial charge >= 0.3 is 6.09 Å². The summed E-state index contributed by atoms with van der Waals surface area (Å²) in [6.07, 6.45) is 4.38. The van der Waals surface area contributed by atoms with E-state index in [4.69, 9.17) is 9.47 Å². The number of rotatable bonds is 12. The Hall–Kier alpha value is -4.85. The van der Waals surface area contributed by atoms with Gasteiger partial charge in [0, 0.05) is 52.1 Å². The fraction of sp³-hybridized carbons (Fsp3) is 0.429. The molecule has 292 valence electrons. The molecule has 13 heteroatoms. The van der Waals surface area contributed by atoms with Crippen LogP contribution in [-0.2, 0) is 29.3 Å². The summed E-state index contributed by atoms with van der Waals surface area (Å²) in [5, 5.41) is 8.10. The van der Waals surface area contributed by atoms with Crippen LogP contribution in [0, 0.1) is 6.92 Å². The highest BCUT2D eigenvalue weighted by Crippen LogP contribution is 2.31. The summed E-state index contributed by atoms with van der Waals surface area (Å²) in [6, 6.07) is 18.3. The van der Waals surface area contributed by atoms with Gasteiger partial charge in [0.2, 0.25) is 0 Å². The van der Waals surface area contributed by atoms with E-state index in [-0.39, 0.29) is 17.9 Å². The number of carbonyl (C=O) groups excluding carboxylic acids is 2. The third-order valence-electron chi connectivity index (χ3n) is 9.57. The zero-order valence-corrected chi connectivity index (χ0v) is 34.0. The van der Waals surface area contributed by atoms with E-state index in [0.29, 0.717) is 68.1 Å². The van der Waals surface area contributed by atoms with Crippen molar-refractivity contribution < 1.29 is 23.5 Å². The van der Waals surface area contributed by atoms with E-state index >= 15 is 0 Å². The molecular weight excluding hydrogens is 716 g/mol. The SMILES string of the molecule is Cc1ccc(Cn2cc(C(=O)Nc3cc(-c4cc5cc(CN6CCC(F)CC6)ccc5n4C(=O)OC(C)(C)C)c(=O)n(COCC[Si](C)(C)C)c3)cn2)cc1. The topological polar surface area (TPSA) is 113 Å². The first-order valence-electron chi connectivity index (χ1n) is 19.0. The first kappa shape index (κ1) is 39.8. The molecule has 1 fully saturated rings. The number of nitrogens with zero attached hydrogens (tertiary/aromatic N) is 5.